The number of imidazole rings is 1. The smallest absolute Gasteiger partial charge is 0.333 e. The minimum Gasteiger partial charge on any atom is -0.480 e. The molecule has 2 aromatic rings. The van der Waals surface area contributed by atoms with E-state index in [0.29, 0.717) is 19.0 Å². The van der Waals surface area contributed by atoms with Crippen molar-refractivity contribution in [3.05, 3.63) is 20.8 Å². The predicted molar refractivity (Wildman–Crippen MR) is 100 cm³/mol. The highest BCUT2D eigenvalue weighted by Gasteiger charge is 2.27. The van der Waals surface area contributed by atoms with Gasteiger partial charge in [-0.1, -0.05) is 5.92 Å². The first-order chi connectivity index (χ1) is 12.9. The van der Waals surface area contributed by atoms with Crippen LogP contribution in [-0.2, 0) is 18.4 Å². The normalized spacial score (nSPS) is 15.4. The third kappa shape index (κ3) is 3.10. The molecule has 1 aliphatic rings. The summed E-state index contributed by atoms with van der Waals surface area (Å²) in [6, 6.07) is -1.29. The number of rotatable bonds is 4. The van der Waals surface area contributed by atoms with E-state index >= 15 is 0 Å². The monoisotopic (exact) mass is 374 g/mol. The summed E-state index contributed by atoms with van der Waals surface area (Å²) in [6.45, 7) is 6.20. The molecule has 0 radical (unpaired) electrons. The van der Waals surface area contributed by atoms with Gasteiger partial charge in [-0.25, -0.2) is 14.2 Å². The van der Waals surface area contributed by atoms with Crippen LogP contribution in [0.15, 0.2) is 9.59 Å². The van der Waals surface area contributed by atoms with Gasteiger partial charge < -0.3 is 15.3 Å². The first-order valence-electron chi connectivity index (χ1n) is 8.68. The Kier molecular flexibility index (Phi) is 5.05. The number of carboxylic acids is 1. The Hall–Kier alpha value is -3.06. The van der Waals surface area contributed by atoms with E-state index < -0.39 is 23.3 Å². The minimum atomic E-state index is -1.29. The number of fused-ring (bicyclic) bond motifs is 1. The summed E-state index contributed by atoms with van der Waals surface area (Å²) in [4.78, 5) is 43.7. The van der Waals surface area contributed by atoms with Gasteiger partial charge in [-0.15, -0.1) is 5.92 Å². The molecule has 3 rings (SSSR count). The topological polar surface area (TPSA) is 114 Å². The molecule has 2 N–H and O–H groups in total. The number of aryl methyl sites for hydroxylation is 1. The maximum atomic E-state index is 13.1. The predicted octanol–water partition coefficient (Wildman–Crippen LogP) is -1.02. The standard InChI is InChI=1S/C17H22N6O4/c1-4-5-8-22-12-13(19-16(22)21-9-6-18-7-10-21)20(3)17(27)23(14(12)24)11(2)15(25)26/h11,18H,6-10H2,1-3H3,(H,25,26). The molecule has 144 valence electrons. The van der Waals surface area contributed by atoms with Crippen LogP contribution in [0.25, 0.3) is 11.2 Å². The van der Waals surface area contributed by atoms with Crippen molar-refractivity contribution in [3.8, 4) is 11.8 Å². The second kappa shape index (κ2) is 7.28. The van der Waals surface area contributed by atoms with Crippen LogP contribution in [0.5, 0.6) is 0 Å². The van der Waals surface area contributed by atoms with E-state index in [9.17, 15) is 19.5 Å². The van der Waals surface area contributed by atoms with E-state index in [1.807, 2.05) is 4.90 Å². The third-order valence-corrected chi connectivity index (χ3v) is 4.72. The molecule has 0 bridgehead atoms. The van der Waals surface area contributed by atoms with Crippen LogP contribution in [0.1, 0.15) is 19.9 Å². The molecule has 3 heterocycles. The number of nitrogens with zero attached hydrogens (tertiary/aromatic N) is 5. The summed E-state index contributed by atoms with van der Waals surface area (Å²) in [6.07, 6.45) is 0. The fourth-order valence-corrected chi connectivity index (χ4v) is 3.19. The van der Waals surface area contributed by atoms with Crippen molar-refractivity contribution in [2.24, 2.45) is 7.05 Å². The first-order valence-corrected chi connectivity index (χ1v) is 8.68. The summed E-state index contributed by atoms with van der Waals surface area (Å²) in [5.74, 6) is 5.04. The lowest BCUT2D eigenvalue weighted by atomic mass is 10.3. The number of nitrogens with one attached hydrogen (secondary N) is 1. The molecular formula is C17H22N6O4. The number of hydrogen-bond acceptors (Lipinski definition) is 6. The molecule has 10 nitrogen and oxygen atoms in total. The van der Waals surface area contributed by atoms with Crippen molar-refractivity contribution in [1.82, 2.24) is 24.0 Å². The van der Waals surface area contributed by atoms with Crippen LogP contribution in [0.3, 0.4) is 0 Å². The molecule has 1 unspecified atom stereocenters. The van der Waals surface area contributed by atoms with E-state index in [-0.39, 0.29) is 17.7 Å². The van der Waals surface area contributed by atoms with E-state index in [2.05, 4.69) is 22.1 Å². The summed E-state index contributed by atoms with van der Waals surface area (Å²) in [5.41, 5.74) is -0.970. The lowest BCUT2D eigenvalue weighted by Gasteiger charge is -2.28. The molecule has 0 amide bonds. The molecule has 10 heteroatoms. The summed E-state index contributed by atoms with van der Waals surface area (Å²) in [5, 5.41) is 12.6. The quantitative estimate of drug-likeness (QED) is 0.658. The Balaban J connectivity index is 2.35. The second-order valence-corrected chi connectivity index (χ2v) is 6.36. The van der Waals surface area contributed by atoms with Gasteiger partial charge >= 0.3 is 11.7 Å². The Labute approximate surface area is 155 Å². The van der Waals surface area contributed by atoms with Crippen molar-refractivity contribution in [2.75, 3.05) is 31.1 Å². The van der Waals surface area contributed by atoms with Crippen LogP contribution in [0.4, 0.5) is 5.95 Å². The Morgan fingerprint density at radius 2 is 2.00 bits per heavy atom. The fourth-order valence-electron chi connectivity index (χ4n) is 3.19. The maximum absolute atomic E-state index is 13.1. The fraction of sp³-hybridized carbons (Fsp3) is 0.529. The van der Waals surface area contributed by atoms with Gasteiger partial charge in [0.15, 0.2) is 11.2 Å². The van der Waals surface area contributed by atoms with Gasteiger partial charge in [-0.05, 0) is 13.8 Å². The van der Waals surface area contributed by atoms with Gasteiger partial charge in [0.2, 0.25) is 5.95 Å². The largest absolute Gasteiger partial charge is 0.480 e. The van der Waals surface area contributed by atoms with Crippen LogP contribution in [-0.4, -0.2) is 55.9 Å². The highest BCUT2D eigenvalue weighted by Crippen LogP contribution is 2.20. The molecular weight excluding hydrogens is 352 g/mol. The Morgan fingerprint density at radius 1 is 1.33 bits per heavy atom. The second-order valence-electron chi connectivity index (χ2n) is 6.36. The summed E-state index contributed by atoms with van der Waals surface area (Å²) >= 11 is 0. The van der Waals surface area contributed by atoms with E-state index in [1.165, 1.54) is 18.5 Å². The van der Waals surface area contributed by atoms with Gasteiger partial charge in [-0.2, -0.15) is 4.98 Å². The van der Waals surface area contributed by atoms with Crippen molar-refractivity contribution in [2.45, 2.75) is 26.4 Å². The number of carboxylic acid groups (broad SMARTS) is 1. The van der Waals surface area contributed by atoms with Gasteiger partial charge in [0.05, 0.1) is 6.54 Å². The third-order valence-electron chi connectivity index (χ3n) is 4.72. The first kappa shape index (κ1) is 18.7. The molecule has 0 aromatic carbocycles. The Bertz CT molecular complexity index is 1060. The molecule has 1 aliphatic heterocycles. The highest BCUT2D eigenvalue weighted by molar-refractivity contribution is 5.76. The van der Waals surface area contributed by atoms with Crippen LogP contribution < -0.4 is 21.5 Å². The molecule has 1 fully saturated rings. The van der Waals surface area contributed by atoms with Crippen LogP contribution >= 0.6 is 0 Å². The zero-order chi connectivity index (χ0) is 19.7. The maximum Gasteiger partial charge on any atom is 0.333 e. The molecule has 0 aliphatic carbocycles. The van der Waals surface area contributed by atoms with E-state index in [0.717, 1.165) is 17.7 Å². The van der Waals surface area contributed by atoms with E-state index in [4.69, 9.17) is 0 Å². The van der Waals surface area contributed by atoms with Gasteiger partial charge in [0.1, 0.15) is 6.04 Å². The Morgan fingerprint density at radius 3 is 2.59 bits per heavy atom. The number of anilines is 1. The van der Waals surface area contributed by atoms with Gasteiger partial charge in [0.25, 0.3) is 5.56 Å². The average Bonchev–Trinajstić information content (AvgIpc) is 3.05. The number of hydrogen-bond donors (Lipinski definition) is 2. The highest BCUT2D eigenvalue weighted by atomic mass is 16.4. The molecule has 0 saturated carbocycles. The lowest BCUT2D eigenvalue weighted by Crippen LogP contribution is -2.45. The van der Waals surface area contributed by atoms with Crippen LogP contribution in [0, 0.1) is 11.8 Å². The van der Waals surface area contributed by atoms with Crippen LogP contribution in [0.2, 0.25) is 0 Å². The molecule has 1 saturated heterocycles. The molecule has 1 atom stereocenters. The van der Waals surface area contributed by atoms with E-state index in [1.54, 1.807) is 11.5 Å². The molecule has 0 spiro atoms. The SMILES string of the molecule is CC#CCn1c(N2CCNCC2)nc2c1c(=O)n(C(C)C(=O)O)c(=O)n2C. The number of piperazine rings is 1. The molecule has 2 aromatic heterocycles. The van der Waals surface area contributed by atoms with Crippen molar-refractivity contribution in [3.63, 3.8) is 0 Å². The van der Waals surface area contributed by atoms with Crippen molar-refractivity contribution >= 4 is 23.1 Å². The average molecular weight is 374 g/mol. The molecule has 27 heavy (non-hydrogen) atoms. The number of aliphatic carboxylic acids is 1. The van der Waals surface area contributed by atoms with Gasteiger partial charge in [-0.3, -0.25) is 13.9 Å². The van der Waals surface area contributed by atoms with Crippen molar-refractivity contribution in [1.29, 1.82) is 0 Å². The lowest BCUT2D eigenvalue weighted by molar-refractivity contribution is -0.140. The minimum absolute atomic E-state index is 0.182. The zero-order valence-corrected chi connectivity index (χ0v) is 15.5. The van der Waals surface area contributed by atoms with Crippen molar-refractivity contribution < 1.29 is 9.90 Å². The zero-order valence-electron chi connectivity index (χ0n) is 15.5. The number of aromatic nitrogens is 4. The van der Waals surface area contributed by atoms with Gasteiger partial charge in [0, 0.05) is 33.2 Å². The number of carbonyl (C=O) groups is 1. The summed E-state index contributed by atoms with van der Waals surface area (Å²) in [7, 11) is 1.49. The summed E-state index contributed by atoms with van der Waals surface area (Å²) < 4.78 is 3.64.